The topological polar surface area (TPSA) is 79.5 Å². The van der Waals surface area contributed by atoms with Crippen molar-refractivity contribution in [1.29, 1.82) is 0 Å². The smallest absolute Gasteiger partial charge is 0.254 e. The van der Waals surface area contributed by atoms with Gasteiger partial charge in [0.1, 0.15) is 12.6 Å². The van der Waals surface area contributed by atoms with Crippen molar-refractivity contribution in [2.45, 2.75) is 45.1 Å². The largest absolute Gasteiger partial charge is 0.337 e. The summed E-state index contributed by atoms with van der Waals surface area (Å²) in [6.07, 6.45) is 4.31. The van der Waals surface area contributed by atoms with E-state index in [4.69, 9.17) is 16.1 Å². The first-order chi connectivity index (χ1) is 19.5. The Morgan fingerprint density at radius 1 is 0.975 bits per heavy atom. The van der Waals surface area contributed by atoms with Crippen LogP contribution in [-0.2, 0) is 4.79 Å². The van der Waals surface area contributed by atoms with Crippen molar-refractivity contribution >= 4 is 23.4 Å². The molecule has 0 aliphatic carbocycles. The maximum Gasteiger partial charge on any atom is 0.254 e. The van der Waals surface area contributed by atoms with Crippen LogP contribution >= 0.6 is 11.6 Å². The number of aromatic nitrogens is 2. The molecule has 0 N–H and O–H groups in total. The first-order valence-electron chi connectivity index (χ1n) is 13.9. The predicted molar refractivity (Wildman–Crippen MR) is 156 cm³/mol. The molecule has 5 rings (SSSR count). The number of hydrogen-bond donors (Lipinski definition) is 0. The predicted octanol–water partition coefficient (Wildman–Crippen LogP) is 7.05. The van der Waals surface area contributed by atoms with Crippen LogP contribution in [0.1, 0.15) is 61.3 Å². The summed E-state index contributed by atoms with van der Waals surface area (Å²) in [6, 6.07) is 24.6. The third kappa shape index (κ3) is 6.42. The molecule has 4 aromatic rings. The number of unbranched alkanes of at least 4 members (excludes halogenated alkanes) is 1. The Morgan fingerprint density at radius 3 is 2.48 bits per heavy atom. The van der Waals surface area contributed by atoms with Gasteiger partial charge in [-0.2, -0.15) is 4.98 Å². The number of halogens is 1. The average Bonchev–Trinajstić information content (AvgIpc) is 3.50. The molecule has 0 spiro atoms. The molecule has 0 saturated carbocycles. The van der Waals surface area contributed by atoms with E-state index >= 15 is 0 Å². The highest BCUT2D eigenvalue weighted by atomic mass is 35.5. The molecule has 40 heavy (non-hydrogen) atoms. The van der Waals surface area contributed by atoms with E-state index in [-0.39, 0.29) is 24.4 Å². The Balaban J connectivity index is 1.32. The van der Waals surface area contributed by atoms with E-state index in [0.717, 1.165) is 48.8 Å². The van der Waals surface area contributed by atoms with Crippen molar-refractivity contribution in [3.05, 3.63) is 95.3 Å². The van der Waals surface area contributed by atoms with Crippen LogP contribution in [0.3, 0.4) is 0 Å². The molecule has 7 nitrogen and oxygen atoms in total. The molecule has 206 valence electrons. The van der Waals surface area contributed by atoms with Crippen LogP contribution in [0.4, 0.5) is 0 Å². The highest BCUT2D eigenvalue weighted by Gasteiger charge is 2.33. The maximum absolute atomic E-state index is 13.7. The number of likely N-dealkylation sites (tertiary alicyclic amines) is 1. The van der Waals surface area contributed by atoms with Gasteiger partial charge in [-0.1, -0.05) is 84.7 Å². The second kappa shape index (κ2) is 12.9. The van der Waals surface area contributed by atoms with Gasteiger partial charge in [0.25, 0.3) is 5.91 Å². The van der Waals surface area contributed by atoms with Gasteiger partial charge in [0.2, 0.25) is 17.6 Å². The molecule has 1 aliphatic rings. The summed E-state index contributed by atoms with van der Waals surface area (Å²) < 4.78 is 5.63. The van der Waals surface area contributed by atoms with E-state index in [2.05, 4.69) is 17.1 Å². The Labute approximate surface area is 239 Å². The van der Waals surface area contributed by atoms with Crippen LogP contribution in [0.5, 0.6) is 0 Å². The molecule has 2 amide bonds. The molecule has 3 aromatic carbocycles. The van der Waals surface area contributed by atoms with Crippen molar-refractivity contribution in [2.75, 3.05) is 19.6 Å². The zero-order valence-corrected chi connectivity index (χ0v) is 23.4. The Hall–Kier alpha value is -3.97. The van der Waals surface area contributed by atoms with Crippen LogP contribution in [0.15, 0.2) is 83.4 Å². The number of piperidine rings is 1. The number of benzene rings is 3. The zero-order chi connectivity index (χ0) is 27.9. The van der Waals surface area contributed by atoms with Crippen molar-refractivity contribution in [3.63, 3.8) is 0 Å². The number of rotatable bonds is 9. The highest BCUT2D eigenvalue weighted by Crippen LogP contribution is 2.32. The van der Waals surface area contributed by atoms with Crippen molar-refractivity contribution in [3.8, 4) is 22.5 Å². The lowest BCUT2D eigenvalue weighted by molar-refractivity contribution is -0.136. The first kappa shape index (κ1) is 27.6. The zero-order valence-electron chi connectivity index (χ0n) is 22.6. The van der Waals surface area contributed by atoms with Crippen LogP contribution in [0.25, 0.3) is 22.5 Å². The second-order valence-corrected chi connectivity index (χ2v) is 10.5. The molecule has 1 saturated heterocycles. The standard InChI is InChI=1S/C32H33ClN4O3/c1-2-3-19-36(32(39)25-17-15-24(16-18-25)23-10-5-4-6-11-23)22-29(38)37-20-8-7-14-28(37)31-34-30(35-40-31)26-12-9-13-27(33)21-26/h4-6,9-13,15-18,21,28H,2-3,7-8,14,19-20,22H2,1H3. The number of nitrogens with zero attached hydrogens (tertiary/aromatic N) is 4. The maximum atomic E-state index is 13.7. The molecule has 1 atom stereocenters. The summed E-state index contributed by atoms with van der Waals surface area (Å²) in [4.78, 5) is 35.3. The van der Waals surface area contributed by atoms with Gasteiger partial charge in [-0.15, -0.1) is 0 Å². The number of carbonyl (C=O) groups excluding carboxylic acids is 2. The molecule has 0 radical (unpaired) electrons. The summed E-state index contributed by atoms with van der Waals surface area (Å²) in [5.74, 6) is 0.591. The summed E-state index contributed by atoms with van der Waals surface area (Å²) in [5, 5.41) is 4.74. The quantitative estimate of drug-likeness (QED) is 0.220. The molecular formula is C32H33ClN4O3. The summed E-state index contributed by atoms with van der Waals surface area (Å²) in [5.41, 5.74) is 3.46. The molecule has 1 unspecified atom stereocenters. The second-order valence-electron chi connectivity index (χ2n) is 10.1. The minimum absolute atomic E-state index is 0.00502. The molecule has 2 heterocycles. The van der Waals surface area contributed by atoms with Crippen LogP contribution in [0.2, 0.25) is 5.02 Å². The molecular weight excluding hydrogens is 524 g/mol. The van der Waals surface area contributed by atoms with E-state index in [1.807, 2.05) is 66.7 Å². The van der Waals surface area contributed by atoms with Gasteiger partial charge in [-0.25, -0.2) is 0 Å². The van der Waals surface area contributed by atoms with Crippen molar-refractivity contribution < 1.29 is 14.1 Å². The molecule has 8 heteroatoms. The number of carbonyl (C=O) groups is 2. The van der Waals surface area contributed by atoms with Gasteiger partial charge in [-0.05, 0) is 61.1 Å². The fourth-order valence-corrected chi connectivity index (χ4v) is 5.27. The van der Waals surface area contributed by atoms with Crippen molar-refractivity contribution in [2.24, 2.45) is 0 Å². The summed E-state index contributed by atoms with van der Waals surface area (Å²) >= 11 is 6.13. The van der Waals surface area contributed by atoms with E-state index in [1.165, 1.54) is 0 Å². The van der Waals surface area contributed by atoms with E-state index < -0.39 is 0 Å². The third-order valence-electron chi connectivity index (χ3n) is 7.27. The lowest BCUT2D eigenvalue weighted by Crippen LogP contribution is -2.46. The van der Waals surface area contributed by atoms with Gasteiger partial charge in [-0.3, -0.25) is 9.59 Å². The Morgan fingerprint density at radius 2 is 1.73 bits per heavy atom. The van der Waals surface area contributed by atoms with E-state index in [1.54, 1.807) is 21.9 Å². The molecule has 0 bridgehead atoms. The van der Waals surface area contributed by atoms with E-state index in [0.29, 0.717) is 35.4 Å². The minimum Gasteiger partial charge on any atom is -0.337 e. The first-order valence-corrected chi connectivity index (χ1v) is 14.2. The van der Waals surface area contributed by atoms with Gasteiger partial charge in [0.15, 0.2) is 0 Å². The fourth-order valence-electron chi connectivity index (χ4n) is 5.08. The average molecular weight is 557 g/mol. The lowest BCUT2D eigenvalue weighted by atomic mass is 10.0. The highest BCUT2D eigenvalue weighted by molar-refractivity contribution is 6.30. The lowest BCUT2D eigenvalue weighted by Gasteiger charge is -2.35. The van der Waals surface area contributed by atoms with Crippen molar-refractivity contribution in [1.82, 2.24) is 19.9 Å². The Bertz CT molecular complexity index is 1440. The minimum atomic E-state index is -0.324. The molecule has 1 aliphatic heterocycles. The van der Waals surface area contributed by atoms with Gasteiger partial charge in [0.05, 0.1) is 0 Å². The normalized spacial score (nSPS) is 15.2. The van der Waals surface area contributed by atoms with Crippen LogP contribution in [0, 0.1) is 0 Å². The van der Waals surface area contributed by atoms with Gasteiger partial charge < -0.3 is 14.3 Å². The monoisotopic (exact) mass is 556 g/mol. The number of amides is 2. The van der Waals surface area contributed by atoms with Gasteiger partial charge >= 0.3 is 0 Å². The summed E-state index contributed by atoms with van der Waals surface area (Å²) in [6.45, 7) is 3.18. The molecule has 1 aromatic heterocycles. The van der Waals surface area contributed by atoms with E-state index in [9.17, 15) is 9.59 Å². The summed E-state index contributed by atoms with van der Waals surface area (Å²) in [7, 11) is 0. The third-order valence-corrected chi connectivity index (χ3v) is 7.50. The SMILES string of the molecule is CCCCN(CC(=O)N1CCCCC1c1nc(-c2cccc(Cl)c2)no1)C(=O)c1ccc(-c2ccccc2)cc1. The van der Waals surface area contributed by atoms with Crippen LogP contribution < -0.4 is 0 Å². The Kier molecular flexibility index (Phi) is 8.91. The fraction of sp³-hybridized carbons (Fsp3) is 0.312. The number of hydrogen-bond acceptors (Lipinski definition) is 5. The molecule has 1 fully saturated rings. The van der Waals surface area contributed by atoms with Crippen LogP contribution in [-0.4, -0.2) is 51.4 Å². The van der Waals surface area contributed by atoms with Gasteiger partial charge in [0, 0.05) is 29.2 Å².